The van der Waals surface area contributed by atoms with Crippen LogP contribution in [0, 0.1) is 12.7 Å². The second-order valence-corrected chi connectivity index (χ2v) is 4.90. The van der Waals surface area contributed by atoms with E-state index >= 15 is 0 Å². The van der Waals surface area contributed by atoms with E-state index in [9.17, 15) is 4.39 Å². The molecule has 2 aromatic carbocycles. The quantitative estimate of drug-likeness (QED) is 0.883. The Labute approximate surface area is 124 Å². The van der Waals surface area contributed by atoms with E-state index in [1.54, 1.807) is 19.2 Å². The first kappa shape index (κ1) is 15.3. The molecule has 0 heterocycles. The normalized spacial score (nSPS) is 10.5. The average molecular weight is 289 g/mol. The van der Waals surface area contributed by atoms with Gasteiger partial charge in [-0.3, -0.25) is 0 Å². The summed E-state index contributed by atoms with van der Waals surface area (Å²) in [4.78, 5) is 0. The van der Waals surface area contributed by atoms with Crippen molar-refractivity contribution in [1.29, 1.82) is 0 Å². The molecular formula is C17H20FNO2. The summed E-state index contributed by atoms with van der Waals surface area (Å²) in [6.45, 7) is 2.93. The van der Waals surface area contributed by atoms with E-state index in [0.717, 1.165) is 29.0 Å². The molecule has 4 heteroatoms. The van der Waals surface area contributed by atoms with Crippen molar-refractivity contribution in [2.24, 2.45) is 0 Å². The fraction of sp³-hybridized carbons (Fsp3) is 0.294. The van der Waals surface area contributed by atoms with Gasteiger partial charge in [0.05, 0.1) is 7.11 Å². The molecule has 0 aliphatic carbocycles. The number of hydrogen-bond donors (Lipinski definition) is 1. The number of ether oxygens (including phenoxy) is 2. The van der Waals surface area contributed by atoms with E-state index in [0.29, 0.717) is 0 Å². The zero-order chi connectivity index (χ0) is 15.2. The van der Waals surface area contributed by atoms with E-state index in [1.807, 2.05) is 32.2 Å². The number of rotatable bonds is 6. The Morgan fingerprint density at radius 1 is 1.10 bits per heavy atom. The standard InChI is InChI=1S/C17H20FNO2/c1-12-4-6-15(18)17(8-12)21-11-14-9-13(10-19-2)5-7-16(14)20-3/h4-9,19H,10-11H2,1-3H3. The van der Waals surface area contributed by atoms with Crippen LogP contribution < -0.4 is 14.8 Å². The maximum Gasteiger partial charge on any atom is 0.165 e. The summed E-state index contributed by atoms with van der Waals surface area (Å²) in [6, 6.07) is 10.7. The van der Waals surface area contributed by atoms with Gasteiger partial charge in [0.1, 0.15) is 12.4 Å². The Hall–Kier alpha value is -2.07. The monoisotopic (exact) mass is 289 g/mol. The van der Waals surface area contributed by atoms with Crippen LogP contribution in [0.15, 0.2) is 36.4 Å². The van der Waals surface area contributed by atoms with E-state index in [4.69, 9.17) is 9.47 Å². The molecule has 0 radical (unpaired) electrons. The van der Waals surface area contributed by atoms with Gasteiger partial charge in [-0.2, -0.15) is 0 Å². The molecule has 0 aliphatic rings. The maximum absolute atomic E-state index is 13.7. The van der Waals surface area contributed by atoms with Gasteiger partial charge in [0.15, 0.2) is 11.6 Å². The van der Waals surface area contributed by atoms with Crippen LogP contribution in [0.25, 0.3) is 0 Å². The Morgan fingerprint density at radius 3 is 2.62 bits per heavy atom. The summed E-state index contributed by atoms with van der Waals surface area (Å²) >= 11 is 0. The molecule has 0 spiro atoms. The Bertz CT molecular complexity index is 614. The molecule has 0 bridgehead atoms. The lowest BCUT2D eigenvalue weighted by Gasteiger charge is -2.13. The first-order valence-electron chi connectivity index (χ1n) is 6.83. The molecular weight excluding hydrogens is 269 g/mol. The summed E-state index contributed by atoms with van der Waals surface area (Å²) in [6.07, 6.45) is 0. The number of halogens is 1. The van der Waals surface area contributed by atoms with Gasteiger partial charge in [0, 0.05) is 12.1 Å². The third-order valence-corrected chi connectivity index (χ3v) is 3.20. The van der Waals surface area contributed by atoms with E-state index in [2.05, 4.69) is 5.32 Å². The molecule has 2 rings (SSSR count). The third-order valence-electron chi connectivity index (χ3n) is 3.20. The van der Waals surface area contributed by atoms with Crippen LogP contribution in [0.4, 0.5) is 4.39 Å². The average Bonchev–Trinajstić information content (AvgIpc) is 2.49. The fourth-order valence-corrected chi connectivity index (χ4v) is 2.14. The van der Waals surface area contributed by atoms with Gasteiger partial charge < -0.3 is 14.8 Å². The lowest BCUT2D eigenvalue weighted by Crippen LogP contribution is -2.07. The number of hydrogen-bond acceptors (Lipinski definition) is 3. The van der Waals surface area contributed by atoms with Gasteiger partial charge in [-0.1, -0.05) is 12.1 Å². The summed E-state index contributed by atoms with van der Waals surface area (Å²) in [5.41, 5.74) is 2.98. The number of benzene rings is 2. The van der Waals surface area contributed by atoms with Crippen molar-refractivity contribution in [2.75, 3.05) is 14.2 Å². The van der Waals surface area contributed by atoms with Crippen LogP contribution in [0.2, 0.25) is 0 Å². The van der Waals surface area contributed by atoms with E-state index < -0.39 is 0 Å². The Kier molecular flexibility index (Phi) is 5.17. The maximum atomic E-state index is 13.7. The second kappa shape index (κ2) is 7.09. The first-order chi connectivity index (χ1) is 10.1. The van der Waals surface area contributed by atoms with Crippen LogP contribution in [-0.2, 0) is 13.2 Å². The molecule has 0 atom stereocenters. The molecule has 0 fully saturated rings. The molecule has 0 aliphatic heterocycles. The molecule has 0 amide bonds. The first-order valence-corrected chi connectivity index (χ1v) is 6.83. The zero-order valence-corrected chi connectivity index (χ0v) is 12.6. The minimum Gasteiger partial charge on any atom is -0.496 e. The highest BCUT2D eigenvalue weighted by Gasteiger charge is 2.08. The predicted octanol–water partition coefficient (Wildman–Crippen LogP) is 3.44. The number of aryl methyl sites for hydroxylation is 1. The molecule has 3 nitrogen and oxygen atoms in total. The molecule has 0 saturated carbocycles. The van der Waals surface area contributed by atoms with Crippen LogP contribution >= 0.6 is 0 Å². The summed E-state index contributed by atoms with van der Waals surface area (Å²) in [5.74, 6) is 0.643. The highest BCUT2D eigenvalue weighted by Crippen LogP contribution is 2.24. The SMILES string of the molecule is CNCc1ccc(OC)c(COc2cc(C)ccc2F)c1. The molecule has 2 aromatic rings. The fourth-order valence-electron chi connectivity index (χ4n) is 2.14. The molecule has 112 valence electrons. The molecule has 0 saturated heterocycles. The predicted molar refractivity (Wildman–Crippen MR) is 81.2 cm³/mol. The smallest absolute Gasteiger partial charge is 0.165 e. The van der Waals surface area contributed by atoms with Gasteiger partial charge in [0.2, 0.25) is 0 Å². The lowest BCUT2D eigenvalue weighted by molar-refractivity contribution is 0.282. The van der Waals surface area contributed by atoms with Crippen molar-refractivity contribution >= 4 is 0 Å². The lowest BCUT2D eigenvalue weighted by atomic mass is 10.1. The number of nitrogens with one attached hydrogen (secondary N) is 1. The summed E-state index contributed by atoms with van der Waals surface area (Å²) in [5, 5.41) is 3.10. The minimum absolute atomic E-state index is 0.260. The van der Waals surface area contributed by atoms with E-state index in [1.165, 1.54) is 6.07 Å². The van der Waals surface area contributed by atoms with Gasteiger partial charge >= 0.3 is 0 Å². The van der Waals surface area contributed by atoms with Crippen molar-refractivity contribution in [2.45, 2.75) is 20.1 Å². The largest absolute Gasteiger partial charge is 0.496 e. The van der Waals surface area contributed by atoms with Gasteiger partial charge in [-0.25, -0.2) is 4.39 Å². The second-order valence-electron chi connectivity index (χ2n) is 4.90. The number of methoxy groups -OCH3 is 1. The highest BCUT2D eigenvalue weighted by atomic mass is 19.1. The van der Waals surface area contributed by atoms with Crippen molar-refractivity contribution in [3.05, 3.63) is 58.9 Å². The topological polar surface area (TPSA) is 30.5 Å². The summed E-state index contributed by atoms with van der Waals surface area (Å²) < 4.78 is 24.6. The van der Waals surface area contributed by atoms with E-state index in [-0.39, 0.29) is 18.2 Å². The zero-order valence-electron chi connectivity index (χ0n) is 12.6. The van der Waals surface area contributed by atoms with Crippen molar-refractivity contribution in [1.82, 2.24) is 5.32 Å². The van der Waals surface area contributed by atoms with Crippen molar-refractivity contribution in [3.63, 3.8) is 0 Å². The summed E-state index contributed by atoms with van der Waals surface area (Å²) in [7, 11) is 3.51. The van der Waals surface area contributed by atoms with Crippen LogP contribution in [0.1, 0.15) is 16.7 Å². The van der Waals surface area contributed by atoms with Gasteiger partial charge in [0.25, 0.3) is 0 Å². The van der Waals surface area contributed by atoms with Crippen LogP contribution in [-0.4, -0.2) is 14.2 Å². The van der Waals surface area contributed by atoms with Gasteiger partial charge in [-0.15, -0.1) is 0 Å². The molecule has 1 N–H and O–H groups in total. The Morgan fingerprint density at radius 2 is 1.90 bits per heavy atom. The third kappa shape index (κ3) is 3.95. The van der Waals surface area contributed by atoms with Crippen molar-refractivity contribution in [3.8, 4) is 11.5 Å². The van der Waals surface area contributed by atoms with Crippen molar-refractivity contribution < 1.29 is 13.9 Å². The van der Waals surface area contributed by atoms with Crippen LogP contribution in [0.3, 0.4) is 0 Å². The molecule has 21 heavy (non-hydrogen) atoms. The van der Waals surface area contributed by atoms with Crippen LogP contribution in [0.5, 0.6) is 11.5 Å². The highest BCUT2D eigenvalue weighted by molar-refractivity contribution is 5.38. The molecule has 0 aromatic heterocycles. The molecule has 0 unspecified atom stereocenters. The minimum atomic E-state index is -0.356. The van der Waals surface area contributed by atoms with Gasteiger partial charge in [-0.05, 0) is 49.4 Å². The Balaban J connectivity index is 2.18.